The topological polar surface area (TPSA) is 73.8 Å². The first kappa shape index (κ1) is 20.2. The van der Waals surface area contributed by atoms with Gasteiger partial charge >= 0.3 is 0 Å². The van der Waals surface area contributed by atoms with Gasteiger partial charge in [-0.15, -0.1) is 0 Å². The van der Waals surface area contributed by atoms with Crippen molar-refractivity contribution in [2.45, 2.75) is 50.6 Å². The maximum Gasteiger partial charge on any atom is 0.246 e. The molecule has 7 heteroatoms. The summed E-state index contributed by atoms with van der Waals surface area (Å²) in [5.41, 5.74) is 1.06. The highest BCUT2D eigenvalue weighted by molar-refractivity contribution is 5.89. The second-order valence-corrected chi connectivity index (χ2v) is 9.34. The smallest absolute Gasteiger partial charge is 0.246 e. The molecule has 4 atom stereocenters. The monoisotopic (exact) mass is 422 g/mol. The average molecular weight is 423 g/mol. The third-order valence-corrected chi connectivity index (χ3v) is 7.43. The van der Waals surface area contributed by atoms with E-state index in [1.807, 2.05) is 45.2 Å². The first-order valence-corrected chi connectivity index (χ1v) is 11.5. The second-order valence-electron chi connectivity index (χ2n) is 9.34. The number of fused-ring (bicyclic) bond motifs is 4. The molecule has 0 N–H and O–H groups in total. The molecule has 1 aromatic heterocycles. The summed E-state index contributed by atoms with van der Waals surface area (Å²) in [5.74, 6) is 0.605. The molecule has 4 aliphatic rings. The molecule has 1 aromatic rings. The van der Waals surface area contributed by atoms with Crippen LogP contribution in [0.2, 0.25) is 0 Å². The minimum atomic E-state index is -0.428. The summed E-state index contributed by atoms with van der Waals surface area (Å²) in [5, 5.41) is 0. The van der Waals surface area contributed by atoms with Gasteiger partial charge < -0.3 is 14.7 Å². The number of hydrogen-bond acceptors (Lipinski definition) is 4. The molecule has 7 nitrogen and oxygen atoms in total. The van der Waals surface area contributed by atoms with E-state index in [2.05, 4.69) is 4.98 Å². The molecule has 3 saturated heterocycles. The van der Waals surface area contributed by atoms with Gasteiger partial charge in [0.05, 0.1) is 0 Å². The molecule has 2 bridgehead atoms. The summed E-state index contributed by atoms with van der Waals surface area (Å²) in [6.07, 6.45) is 12.0. The van der Waals surface area contributed by atoms with E-state index in [1.165, 1.54) is 0 Å². The fourth-order valence-corrected chi connectivity index (χ4v) is 5.98. The summed E-state index contributed by atoms with van der Waals surface area (Å²) in [4.78, 5) is 49.3. The fraction of sp³-hybridized carbons (Fsp3) is 0.583. The van der Waals surface area contributed by atoms with Crippen molar-refractivity contribution in [2.24, 2.45) is 11.8 Å². The van der Waals surface area contributed by atoms with Crippen LogP contribution >= 0.6 is 0 Å². The lowest BCUT2D eigenvalue weighted by Gasteiger charge is -2.56. The van der Waals surface area contributed by atoms with Crippen LogP contribution in [0.25, 0.3) is 0 Å². The molecular formula is C24H30N4O3. The number of nitrogens with zero attached hydrogens (tertiary/aromatic N) is 4. The van der Waals surface area contributed by atoms with Crippen molar-refractivity contribution >= 4 is 17.7 Å². The van der Waals surface area contributed by atoms with Crippen molar-refractivity contribution in [3.63, 3.8) is 0 Å². The summed E-state index contributed by atoms with van der Waals surface area (Å²) in [6, 6.07) is 3.54. The van der Waals surface area contributed by atoms with Gasteiger partial charge in [0, 0.05) is 63.4 Å². The van der Waals surface area contributed by atoms with Crippen LogP contribution in [0.5, 0.6) is 0 Å². The highest BCUT2D eigenvalue weighted by Crippen LogP contribution is 2.42. The Bertz CT molecular complexity index is 878. The van der Waals surface area contributed by atoms with Gasteiger partial charge in [-0.2, -0.15) is 0 Å². The van der Waals surface area contributed by atoms with E-state index in [0.29, 0.717) is 45.4 Å². The number of aryl methyl sites for hydroxylation is 1. The van der Waals surface area contributed by atoms with Crippen LogP contribution < -0.4 is 0 Å². The molecule has 0 unspecified atom stereocenters. The maximum atomic E-state index is 13.5. The number of amides is 3. The van der Waals surface area contributed by atoms with E-state index in [-0.39, 0.29) is 35.6 Å². The number of carbonyl (C=O) groups is 3. The summed E-state index contributed by atoms with van der Waals surface area (Å²) in [6.45, 7) is 2.50. The highest BCUT2D eigenvalue weighted by atomic mass is 16.2. The van der Waals surface area contributed by atoms with Gasteiger partial charge in [-0.1, -0.05) is 18.2 Å². The van der Waals surface area contributed by atoms with Crippen molar-refractivity contribution in [1.82, 2.24) is 19.7 Å². The third-order valence-electron chi connectivity index (χ3n) is 7.43. The second kappa shape index (κ2) is 8.44. The van der Waals surface area contributed by atoms with Crippen LogP contribution in [0.4, 0.5) is 0 Å². The van der Waals surface area contributed by atoms with Crippen molar-refractivity contribution < 1.29 is 14.4 Å². The van der Waals surface area contributed by atoms with Gasteiger partial charge in [0.15, 0.2) is 0 Å². The van der Waals surface area contributed by atoms with Gasteiger partial charge in [0.2, 0.25) is 17.7 Å². The molecule has 0 spiro atoms. The molecule has 0 radical (unpaired) electrons. The molecule has 0 aliphatic carbocycles. The quantitative estimate of drug-likeness (QED) is 0.692. The van der Waals surface area contributed by atoms with Crippen LogP contribution in [0, 0.1) is 11.8 Å². The number of piperidine rings is 3. The van der Waals surface area contributed by atoms with E-state index in [9.17, 15) is 14.4 Å². The lowest BCUT2D eigenvalue weighted by atomic mass is 9.71. The molecule has 3 fully saturated rings. The highest BCUT2D eigenvalue weighted by Gasteiger charge is 2.53. The van der Waals surface area contributed by atoms with E-state index in [0.717, 1.165) is 24.8 Å². The Hall–Kier alpha value is -2.70. The fourth-order valence-electron chi connectivity index (χ4n) is 5.98. The minimum Gasteiger partial charge on any atom is -0.342 e. The van der Waals surface area contributed by atoms with Crippen molar-refractivity contribution in [2.75, 3.05) is 26.2 Å². The first-order chi connectivity index (χ1) is 15.1. The molecule has 5 rings (SSSR count). The minimum absolute atomic E-state index is 0.0208. The predicted molar refractivity (Wildman–Crippen MR) is 115 cm³/mol. The van der Waals surface area contributed by atoms with Gasteiger partial charge in [-0.3, -0.25) is 19.4 Å². The number of likely N-dealkylation sites (tertiary alicyclic amines) is 1. The number of aromatic nitrogens is 1. The average Bonchev–Trinajstić information content (AvgIpc) is 3.34. The summed E-state index contributed by atoms with van der Waals surface area (Å²) >= 11 is 0. The van der Waals surface area contributed by atoms with Gasteiger partial charge in [-0.05, 0) is 43.2 Å². The van der Waals surface area contributed by atoms with E-state index >= 15 is 0 Å². The predicted octanol–water partition coefficient (Wildman–Crippen LogP) is 1.64. The zero-order valence-electron chi connectivity index (χ0n) is 17.9. The number of pyridine rings is 1. The SMILES string of the molecule is O=C(CCc1cccnc1)N1C[C@@H]2C[C@H](C1)[C@H](C(=O)N1CC=CC1)N1C(=O)CCC[C@@H]21. The summed E-state index contributed by atoms with van der Waals surface area (Å²) < 4.78 is 0. The Kier molecular flexibility index (Phi) is 5.50. The largest absolute Gasteiger partial charge is 0.342 e. The van der Waals surface area contributed by atoms with Gasteiger partial charge in [-0.25, -0.2) is 0 Å². The molecule has 0 aromatic carbocycles. The van der Waals surface area contributed by atoms with E-state index in [1.54, 1.807) is 6.20 Å². The normalized spacial score (nSPS) is 29.8. The van der Waals surface area contributed by atoms with Gasteiger partial charge in [0.1, 0.15) is 6.04 Å². The van der Waals surface area contributed by atoms with Gasteiger partial charge in [0.25, 0.3) is 0 Å². The van der Waals surface area contributed by atoms with Crippen molar-refractivity contribution in [3.05, 3.63) is 42.2 Å². The zero-order chi connectivity index (χ0) is 21.4. The number of hydrogen-bond donors (Lipinski definition) is 0. The lowest BCUT2D eigenvalue weighted by Crippen LogP contribution is -2.68. The Morgan fingerprint density at radius 3 is 2.68 bits per heavy atom. The van der Waals surface area contributed by atoms with Crippen LogP contribution in [-0.2, 0) is 20.8 Å². The van der Waals surface area contributed by atoms with E-state index in [4.69, 9.17) is 0 Å². The standard InChI is InChI=1S/C24H30N4O3/c29-21(9-8-17-5-4-10-25-14-17)27-15-18-13-19(16-27)23(24(31)26-11-1-2-12-26)28-20(18)6-3-7-22(28)30/h1-2,4-5,10,14,18-20,23H,3,6-9,11-13,15-16H2/t18-,19+,20-,23+/m0/s1. The molecule has 31 heavy (non-hydrogen) atoms. The van der Waals surface area contributed by atoms with Crippen LogP contribution in [0.1, 0.15) is 37.7 Å². The van der Waals surface area contributed by atoms with Crippen molar-refractivity contribution in [1.29, 1.82) is 0 Å². The first-order valence-electron chi connectivity index (χ1n) is 11.5. The number of rotatable bonds is 4. The Balaban J connectivity index is 1.34. The van der Waals surface area contributed by atoms with Crippen LogP contribution in [-0.4, -0.2) is 75.7 Å². The van der Waals surface area contributed by atoms with Crippen molar-refractivity contribution in [3.8, 4) is 0 Å². The molecule has 3 amide bonds. The number of carbonyl (C=O) groups excluding carboxylic acids is 3. The zero-order valence-corrected chi connectivity index (χ0v) is 17.9. The molecule has 4 aliphatic heterocycles. The molecule has 164 valence electrons. The molecule has 5 heterocycles. The summed E-state index contributed by atoms with van der Waals surface area (Å²) in [7, 11) is 0. The lowest BCUT2D eigenvalue weighted by molar-refractivity contribution is -0.166. The van der Waals surface area contributed by atoms with Crippen LogP contribution in [0.15, 0.2) is 36.7 Å². The third kappa shape index (κ3) is 3.86. The van der Waals surface area contributed by atoms with Crippen LogP contribution in [0.3, 0.4) is 0 Å². The van der Waals surface area contributed by atoms with E-state index < -0.39 is 6.04 Å². The Labute approximate surface area is 183 Å². The molecular weight excluding hydrogens is 392 g/mol. The maximum absolute atomic E-state index is 13.5. The molecule has 0 saturated carbocycles. The Morgan fingerprint density at radius 1 is 1.10 bits per heavy atom. The Morgan fingerprint density at radius 2 is 1.90 bits per heavy atom.